The van der Waals surface area contributed by atoms with E-state index in [0.29, 0.717) is 19.4 Å². The first-order valence-corrected chi connectivity index (χ1v) is 27.1. The second-order valence-electron chi connectivity index (χ2n) is 18.6. The highest BCUT2D eigenvalue weighted by atomic mass is 16.5. The number of esters is 1. The van der Waals surface area contributed by atoms with Gasteiger partial charge in [-0.05, 0) is 57.8 Å². The molecule has 0 aromatic rings. The zero-order valence-electron chi connectivity index (χ0n) is 40.9. The van der Waals surface area contributed by atoms with Gasteiger partial charge in [-0.1, -0.05) is 244 Å². The van der Waals surface area contributed by atoms with Crippen LogP contribution in [0.1, 0.15) is 290 Å². The summed E-state index contributed by atoms with van der Waals surface area (Å²) >= 11 is 0. The van der Waals surface area contributed by atoms with Gasteiger partial charge in [0.2, 0.25) is 5.91 Å². The molecule has 0 rings (SSSR count). The minimum Gasteiger partial charge on any atom is -0.466 e. The standard InChI is InChI=1S/C55H105NO5/c1-3-5-7-9-11-13-15-17-19-21-23-24-26-28-31-35-39-43-47-53(58)52(51-57)56-54(59)48-44-40-36-32-30-34-38-42-46-50-61-55(60)49-45-41-37-33-29-27-25-22-20-18-16-14-12-10-8-6-4-2/h18,20,43,47,52-53,57-58H,3-17,19,21-42,44-46,48-51H2,1-2H3,(H,56,59)/b20-18-,47-43+. The summed E-state index contributed by atoms with van der Waals surface area (Å²) in [6, 6.07) is -0.648. The molecule has 0 aliphatic rings. The number of rotatable bonds is 50. The van der Waals surface area contributed by atoms with E-state index in [1.54, 1.807) is 6.08 Å². The van der Waals surface area contributed by atoms with E-state index in [2.05, 4.69) is 31.3 Å². The molecule has 0 aliphatic heterocycles. The summed E-state index contributed by atoms with van der Waals surface area (Å²) in [4.78, 5) is 24.5. The topological polar surface area (TPSA) is 95.9 Å². The van der Waals surface area contributed by atoms with Gasteiger partial charge in [-0.3, -0.25) is 9.59 Å². The quantitative estimate of drug-likeness (QED) is 0.0322. The Morgan fingerprint density at radius 2 is 0.770 bits per heavy atom. The average molecular weight is 860 g/mol. The Bertz CT molecular complexity index is 951. The van der Waals surface area contributed by atoms with Crippen molar-refractivity contribution in [2.24, 2.45) is 0 Å². The minimum absolute atomic E-state index is 0.0304. The van der Waals surface area contributed by atoms with Crippen LogP contribution in [0.2, 0.25) is 0 Å². The number of carbonyl (C=O) groups excluding carboxylic acids is 2. The van der Waals surface area contributed by atoms with E-state index < -0.39 is 12.1 Å². The SMILES string of the molecule is CCCCCCCC/C=C\CCCCCCCCCC(=O)OCCCCCCCCCCCC(=O)NC(CO)C(O)/C=C/CCCCCCCCCCCCCCCCCC. The van der Waals surface area contributed by atoms with E-state index in [1.165, 1.54) is 205 Å². The highest BCUT2D eigenvalue weighted by Crippen LogP contribution is 2.16. The molecule has 360 valence electrons. The van der Waals surface area contributed by atoms with Crippen molar-refractivity contribution in [3.05, 3.63) is 24.3 Å². The fourth-order valence-electron chi connectivity index (χ4n) is 8.27. The molecule has 1 amide bonds. The zero-order valence-corrected chi connectivity index (χ0v) is 40.9. The molecule has 0 radical (unpaired) electrons. The van der Waals surface area contributed by atoms with Crippen LogP contribution in [-0.2, 0) is 14.3 Å². The van der Waals surface area contributed by atoms with Gasteiger partial charge in [0.25, 0.3) is 0 Å². The van der Waals surface area contributed by atoms with Gasteiger partial charge in [0, 0.05) is 12.8 Å². The molecule has 2 unspecified atom stereocenters. The maximum Gasteiger partial charge on any atom is 0.305 e. The summed E-state index contributed by atoms with van der Waals surface area (Å²) in [5, 5.41) is 23.1. The van der Waals surface area contributed by atoms with Gasteiger partial charge in [-0.2, -0.15) is 0 Å². The van der Waals surface area contributed by atoms with Gasteiger partial charge < -0.3 is 20.3 Å². The molecule has 0 aliphatic carbocycles. The van der Waals surface area contributed by atoms with Crippen LogP contribution in [0.3, 0.4) is 0 Å². The number of aliphatic hydroxyl groups is 2. The van der Waals surface area contributed by atoms with E-state index in [4.69, 9.17) is 4.74 Å². The molecule has 0 aromatic carbocycles. The van der Waals surface area contributed by atoms with Crippen LogP contribution < -0.4 is 5.32 Å². The van der Waals surface area contributed by atoms with Gasteiger partial charge in [0.1, 0.15) is 0 Å². The molecule has 61 heavy (non-hydrogen) atoms. The number of hydrogen-bond acceptors (Lipinski definition) is 5. The number of allylic oxidation sites excluding steroid dienone is 3. The lowest BCUT2D eigenvalue weighted by atomic mass is 10.0. The van der Waals surface area contributed by atoms with Gasteiger partial charge in [-0.15, -0.1) is 0 Å². The number of amides is 1. The molecule has 2 atom stereocenters. The number of nitrogens with one attached hydrogen (secondary N) is 1. The van der Waals surface area contributed by atoms with Crippen molar-refractivity contribution in [2.45, 2.75) is 302 Å². The molecule has 6 nitrogen and oxygen atoms in total. The van der Waals surface area contributed by atoms with Gasteiger partial charge in [0.15, 0.2) is 0 Å². The number of unbranched alkanes of at least 4 members (excludes halogenated alkanes) is 37. The van der Waals surface area contributed by atoms with Crippen LogP contribution in [0.25, 0.3) is 0 Å². The van der Waals surface area contributed by atoms with E-state index in [1.807, 2.05) is 6.08 Å². The minimum atomic E-state index is -0.862. The Morgan fingerprint density at radius 3 is 1.16 bits per heavy atom. The zero-order chi connectivity index (χ0) is 44.4. The first kappa shape index (κ1) is 59.3. The number of ether oxygens (including phenoxy) is 1. The van der Waals surface area contributed by atoms with Crippen LogP contribution >= 0.6 is 0 Å². The van der Waals surface area contributed by atoms with Crippen molar-refractivity contribution in [3.63, 3.8) is 0 Å². The molecule has 0 saturated carbocycles. The van der Waals surface area contributed by atoms with Crippen molar-refractivity contribution in [3.8, 4) is 0 Å². The number of aliphatic hydroxyl groups excluding tert-OH is 2. The highest BCUT2D eigenvalue weighted by Gasteiger charge is 2.18. The summed E-state index contributed by atoms with van der Waals surface area (Å²) in [6.45, 7) is 4.84. The number of hydrogen-bond donors (Lipinski definition) is 3. The Hall–Kier alpha value is -1.66. The third kappa shape index (κ3) is 47.7. The third-order valence-corrected chi connectivity index (χ3v) is 12.5. The van der Waals surface area contributed by atoms with E-state index in [9.17, 15) is 19.8 Å². The second kappa shape index (κ2) is 51.0. The van der Waals surface area contributed by atoms with Crippen LogP contribution in [0.4, 0.5) is 0 Å². The van der Waals surface area contributed by atoms with Crippen LogP contribution in [0.15, 0.2) is 24.3 Å². The normalized spacial score (nSPS) is 12.8. The Balaban J connectivity index is 3.52. The van der Waals surface area contributed by atoms with Crippen LogP contribution in [0.5, 0.6) is 0 Å². The molecule has 0 spiro atoms. The monoisotopic (exact) mass is 860 g/mol. The third-order valence-electron chi connectivity index (χ3n) is 12.5. The second-order valence-corrected chi connectivity index (χ2v) is 18.6. The fraction of sp³-hybridized carbons (Fsp3) is 0.891. The largest absolute Gasteiger partial charge is 0.466 e. The van der Waals surface area contributed by atoms with Crippen molar-refractivity contribution >= 4 is 11.9 Å². The molecular formula is C55H105NO5. The van der Waals surface area contributed by atoms with Gasteiger partial charge in [0.05, 0.1) is 25.4 Å². The molecular weight excluding hydrogens is 755 g/mol. The molecule has 0 heterocycles. The maximum atomic E-state index is 12.4. The van der Waals surface area contributed by atoms with E-state index >= 15 is 0 Å². The lowest BCUT2D eigenvalue weighted by molar-refractivity contribution is -0.143. The Labute approximate surface area is 380 Å². The Kier molecular flexibility index (Phi) is 49.6. The Morgan fingerprint density at radius 1 is 0.443 bits per heavy atom. The van der Waals surface area contributed by atoms with E-state index in [-0.39, 0.29) is 18.5 Å². The van der Waals surface area contributed by atoms with Crippen LogP contribution in [-0.4, -0.2) is 47.4 Å². The number of carbonyl (C=O) groups is 2. The average Bonchev–Trinajstić information content (AvgIpc) is 3.26. The predicted molar refractivity (Wildman–Crippen MR) is 264 cm³/mol. The van der Waals surface area contributed by atoms with Crippen LogP contribution in [0, 0.1) is 0 Å². The molecule has 0 aromatic heterocycles. The molecule has 3 N–H and O–H groups in total. The van der Waals surface area contributed by atoms with Gasteiger partial charge in [-0.25, -0.2) is 0 Å². The van der Waals surface area contributed by atoms with Gasteiger partial charge >= 0.3 is 5.97 Å². The maximum absolute atomic E-state index is 12.4. The molecule has 0 saturated heterocycles. The summed E-state index contributed by atoms with van der Waals surface area (Å²) in [5.74, 6) is -0.124. The lowest BCUT2D eigenvalue weighted by Gasteiger charge is -2.20. The first-order chi connectivity index (χ1) is 30.0. The summed E-state index contributed by atoms with van der Waals surface area (Å²) in [7, 11) is 0. The highest BCUT2D eigenvalue weighted by molar-refractivity contribution is 5.76. The smallest absolute Gasteiger partial charge is 0.305 e. The van der Waals surface area contributed by atoms with Crippen molar-refractivity contribution < 1.29 is 24.5 Å². The van der Waals surface area contributed by atoms with Crippen molar-refractivity contribution in [2.75, 3.05) is 13.2 Å². The molecule has 0 bridgehead atoms. The predicted octanol–water partition coefficient (Wildman–Crippen LogP) is 16.3. The summed E-state index contributed by atoms with van der Waals surface area (Å²) < 4.78 is 5.46. The lowest BCUT2D eigenvalue weighted by Crippen LogP contribution is -2.45. The molecule has 6 heteroatoms. The first-order valence-electron chi connectivity index (χ1n) is 27.1. The summed E-state index contributed by atoms with van der Waals surface area (Å²) in [5.41, 5.74) is 0. The van der Waals surface area contributed by atoms with Crippen molar-refractivity contribution in [1.29, 1.82) is 0 Å². The fourth-order valence-corrected chi connectivity index (χ4v) is 8.27. The van der Waals surface area contributed by atoms with E-state index in [0.717, 1.165) is 57.8 Å². The molecule has 0 fully saturated rings. The van der Waals surface area contributed by atoms with Crippen molar-refractivity contribution in [1.82, 2.24) is 5.32 Å². The summed E-state index contributed by atoms with van der Waals surface area (Å²) in [6.07, 6.45) is 60.4.